The van der Waals surface area contributed by atoms with Crippen molar-refractivity contribution < 1.29 is 0 Å². The third kappa shape index (κ3) is 2.98. The van der Waals surface area contributed by atoms with Gasteiger partial charge in [0.05, 0.1) is 0 Å². The quantitative estimate of drug-likeness (QED) is 0.843. The van der Waals surface area contributed by atoms with E-state index in [4.69, 9.17) is 0 Å². The molecule has 1 heterocycles. The van der Waals surface area contributed by atoms with E-state index in [0.29, 0.717) is 6.04 Å². The molecule has 0 amide bonds. The lowest BCUT2D eigenvalue weighted by molar-refractivity contribution is 0.679. The van der Waals surface area contributed by atoms with Crippen LogP contribution in [0, 0.1) is 0 Å². The first-order valence-corrected chi connectivity index (χ1v) is 7.39. The molecule has 1 aromatic carbocycles. The lowest BCUT2D eigenvalue weighted by atomic mass is 9.98. The van der Waals surface area contributed by atoms with Crippen LogP contribution < -0.4 is 10.2 Å². The van der Waals surface area contributed by atoms with Gasteiger partial charge in [0.1, 0.15) is 0 Å². The Bertz CT molecular complexity index is 387. The van der Waals surface area contributed by atoms with Crippen molar-refractivity contribution in [2.75, 3.05) is 23.3 Å². The third-order valence-corrected chi connectivity index (χ3v) is 3.87. The first-order valence-electron chi connectivity index (χ1n) is 7.39. The summed E-state index contributed by atoms with van der Waals surface area (Å²) in [5, 5.41) is 3.57. The molecule has 0 saturated carbocycles. The van der Waals surface area contributed by atoms with Gasteiger partial charge in [-0.05, 0) is 56.9 Å². The lowest BCUT2D eigenvalue weighted by Gasteiger charge is -2.28. The molecule has 2 heteroatoms. The molecule has 1 aromatic rings. The third-order valence-electron chi connectivity index (χ3n) is 3.87. The van der Waals surface area contributed by atoms with Gasteiger partial charge in [-0.3, -0.25) is 0 Å². The van der Waals surface area contributed by atoms with Crippen LogP contribution in [0.4, 0.5) is 11.4 Å². The van der Waals surface area contributed by atoms with Crippen LogP contribution in [0.25, 0.3) is 0 Å². The summed E-state index contributed by atoms with van der Waals surface area (Å²) in [6.45, 7) is 9.04. The van der Waals surface area contributed by atoms with E-state index in [1.54, 1.807) is 0 Å². The molecule has 1 aliphatic heterocycles. The van der Waals surface area contributed by atoms with Gasteiger partial charge in [0.25, 0.3) is 0 Å². The highest BCUT2D eigenvalue weighted by atomic mass is 15.1. The number of rotatable bonds is 5. The van der Waals surface area contributed by atoms with E-state index < -0.39 is 0 Å². The Morgan fingerprint density at radius 3 is 2.89 bits per heavy atom. The molecule has 0 radical (unpaired) electrons. The van der Waals surface area contributed by atoms with Crippen LogP contribution in [0.1, 0.15) is 45.6 Å². The lowest BCUT2D eigenvalue weighted by Crippen LogP contribution is -2.25. The van der Waals surface area contributed by atoms with Crippen LogP contribution >= 0.6 is 0 Å². The minimum Gasteiger partial charge on any atom is -0.382 e. The summed E-state index contributed by atoms with van der Waals surface area (Å²) in [5.74, 6) is 0. The van der Waals surface area contributed by atoms with Gasteiger partial charge < -0.3 is 10.2 Å². The Kier molecular flexibility index (Phi) is 4.51. The second kappa shape index (κ2) is 6.12. The van der Waals surface area contributed by atoms with Crippen LogP contribution in [0.15, 0.2) is 18.2 Å². The molecule has 1 N–H and O–H groups in total. The number of unbranched alkanes of at least 4 members (excludes halogenated alkanes) is 1. The molecule has 0 aliphatic carbocycles. The summed E-state index contributed by atoms with van der Waals surface area (Å²) in [6.07, 6.45) is 5.00. The Morgan fingerprint density at radius 1 is 1.33 bits per heavy atom. The second-order valence-electron chi connectivity index (χ2n) is 5.36. The predicted molar refractivity (Wildman–Crippen MR) is 80.6 cm³/mol. The fraction of sp³-hybridized carbons (Fsp3) is 0.625. The van der Waals surface area contributed by atoms with Crippen molar-refractivity contribution in [1.29, 1.82) is 0 Å². The highest BCUT2D eigenvalue weighted by Gasteiger charge is 2.15. The van der Waals surface area contributed by atoms with E-state index in [2.05, 4.69) is 49.2 Å². The average molecular weight is 246 g/mol. The van der Waals surface area contributed by atoms with Crippen molar-refractivity contribution >= 4 is 11.4 Å². The van der Waals surface area contributed by atoms with Crippen molar-refractivity contribution in [2.45, 2.75) is 52.5 Å². The van der Waals surface area contributed by atoms with Crippen molar-refractivity contribution in [2.24, 2.45) is 0 Å². The molecular weight excluding hydrogens is 220 g/mol. The molecule has 0 bridgehead atoms. The molecule has 0 aromatic heterocycles. The van der Waals surface area contributed by atoms with Crippen LogP contribution in [0.5, 0.6) is 0 Å². The molecule has 0 saturated heterocycles. The highest BCUT2D eigenvalue weighted by Crippen LogP contribution is 2.29. The Labute approximate surface area is 111 Å². The zero-order valence-electron chi connectivity index (χ0n) is 12.0. The number of benzene rings is 1. The van der Waals surface area contributed by atoms with Gasteiger partial charge >= 0.3 is 0 Å². The minimum atomic E-state index is 0.616. The number of anilines is 2. The predicted octanol–water partition coefficient (Wildman–Crippen LogP) is 4.06. The van der Waals surface area contributed by atoms with Crippen LogP contribution in [0.2, 0.25) is 0 Å². The number of hydrogen-bond acceptors (Lipinski definition) is 2. The van der Waals surface area contributed by atoms with Gasteiger partial charge in [0.15, 0.2) is 0 Å². The first kappa shape index (κ1) is 13.3. The van der Waals surface area contributed by atoms with Gasteiger partial charge in [0.2, 0.25) is 0 Å². The monoisotopic (exact) mass is 246 g/mol. The number of fused-ring (bicyclic) bond motifs is 1. The molecule has 18 heavy (non-hydrogen) atoms. The second-order valence-corrected chi connectivity index (χ2v) is 5.36. The van der Waals surface area contributed by atoms with Crippen LogP contribution in [0.3, 0.4) is 0 Å². The van der Waals surface area contributed by atoms with Gasteiger partial charge in [-0.15, -0.1) is 0 Å². The molecule has 0 fully saturated rings. The summed E-state index contributed by atoms with van der Waals surface area (Å²) in [6, 6.07) is 7.52. The fourth-order valence-corrected chi connectivity index (χ4v) is 2.65. The molecular formula is C16H26N2. The summed E-state index contributed by atoms with van der Waals surface area (Å²) < 4.78 is 0. The zero-order chi connectivity index (χ0) is 13.0. The normalized spacial score (nSPS) is 18.1. The van der Waals surface area contributed by atoms with Crippen LogP contribution in [-0.4, -0.2) is 19.1 Å². The first-order chi connectivity index (χ1) is 8.74. The Balaban J connectivity index is 2.14. The van der Waals surface area contributed by atoms with Gasteiger partial charge in [-0.2, -0.15) is 0 Å². The molecule has 1 unspecified atom stereocenters. The molecule has 1 aliphatic rings. The average Bonchev–Trinajstić information content (AvgIpc) is 2.39. The standard InChI is InChI=1S/C16H26N2/c1-4-6-11-18(5-2)15-9-10-16-14(12-15)8-7-13(3)17-16/h9-10,12-13,17H,4-8,11H2,1-3H3. The maximum Gasteiger partial charge on any atom is 0.0376 e. The molecule has 2 nitrogen and oxygen atoms in total. The van der Waals surface area contributed by atoms with Gasteiger partial charge in [-0.25, -0.2) is 0 Å². The topological polar surface area (TPSA) is 15.3 Å². The molecule has 0 spiro atoms. The van der Waals surface area contributed by atoms with E-state index >= 15 is 0 Å². The SMILES string of the molecule is CCCCN(CC)c1ccc2c(c1)CCC(C)N2. The number of nitrogens with one attached hydrogen (secondary N) is 1. The molecule has 2 rings (SSSR count). The summed E-state index contributed by atoms with van der Waals surface area (Å²) in [4.78, 5) is 2.49. The van der Waals surface area contributed by atoms with Crippen molar-refractivity contribution in [3.05, 3.63) is 23.8 Å². The summed E-state index contributed by atoms with van der Waals surface area (Å²) in [5.41, 5.74) is 4.21. The fourth-order valence-electron chi connectivity index (χ4n) is 2.65. The maximum absolute atomic E-state index is 3.57. The smallest absolute Gasteiger partial charge is 0.0376 e. The largest absolute Gasteiger partial charge is 0.382 e. The van der Waals surface area contributed by atoms with E-state index in [9.17, 15) is 0 Å². The van der Waals surface area contributed by atoms with Crippen LogP contribution in [-0.2, 0) is 6.42 Å². The number of hydrogen-bond donors (Lipinski definition) is 1. The summed E-state index contributed by atoms with van der Waals surface area (Å²) >= 11 is 0. The number of aryl methyl sites for hydroxylation is 1. The Hall–Kier alpha value is -1.18. The number of nitrogens with zero attached hydrogens (tertiary/aromatic N) is 1. The maximum atomic E-state index is 3.57. The van der Waals surface area contributed by atoms with E-state index in [0.717, 1.165) is 6.54 Å². The zero-order valence-corrected chi connectivity index (χ0v) is 12.0. The molecule has 1 atom stereocenters. The van der Waals surface area contributed by atoms with E-state index in [-0.39, 0.29) is 0 Å². The minimum absolute atomic E-state index is 0.616. The highest BCUT2D eigenvalue weighted by molar-refractivity contribution is 5.62. The van der Waals surface area contributed by atoms with E-state index in [1.165, 1.54) is 49.2 Å². The van der Waals surface area contributed by atoms with Gasteiger partial charge in [-0.1, -0.05) is 13.3 Å². The van der Waals surface area contributed by atoms with E-state index in [1.807, 2.05) is 0 Å². The van der Waals surface area contributed by atoms with Gasteiger partial charge in [0, 0.05) is 30.5 Å². The summed E-state index contributed by atoms with van der Waals surface area (Å²) in [7, 11) is 0. The van der Waals surface area contributed by atoms with Crippen molar-refractivity contribution in [3.63, 3.8) is 0 Å². The Morgan fingerprint density at radius 2 is 2.17 bits per heavy atom. The van der Waals surface area contributed by atoms with Crippen molar-refractivity contribution in [3.8, 4) is 0 Å². The van der Waals surface area contributed by atoms with Crippen molar-refractivity contribution in [1.82, 2.24) is 0 Å². The molecule has 100 valence electrons.